The summed E-state index contributed by atoms with van der Waals surface area (Å²) >= 11 is 0. The molecule has 0 bridgehead atoms. The first kappa shape index (κ1) is 39.2. The molecule has 55 heavy (non-hydrogen) atoms. The highest BCUT2D eigenvalue weighted by molar-refractivity contribution is 7.85. The minimum absolute atomic E-state index is 0.0742. The number of ether oxygens (including phenoxy) is 1. The van der Waals surface area contributed by atoms with Gasteiger partial charge in [0.25, 0.3) is 10.1 Å². The van der Waals surface area contributed by atoms with E-state index in [9.17, 15) is 13.0 Å². The molecule has 0 spiro atoms. The first-order valence-electron chi connectivity index (χ1n) is 19.1. The van der Waals surface area contributed by atoms with Gasteiger partial charge >= 0.3 is 0 Å². The summed E-state index contributed by atoms with van der Waals surface area (Å²) in [7, 11) is -4.27. The van der Waals surface area contributed by atoms with E-state index in [-0.39, 0.29) is 10.8 Å². The zero-order chi connectivity index (χ0) is 39.0. The van der Waals surface area contributed by atoms with Crippen LogP contribution in [-0.4, -0.2) is 36.4 Å². The fourth-order valence-electron chi connectivity index (χ4n) is 7.30. The van der Waals surface area contributed by atoms with Gasteiger partial charge in [-0.3, -0.25) is 4.55 Å². The second-order valence-electron chi connectivity index (χ2n) is 14.0. The van der Waals surface area contributed by atoms with Crippen LogP contribution in [-0.2, 0) is 23.1 Å². The Bertz CT molecular complexity index is 2360. The average molecular weight is 752 g/mol. The SMILES string of the molecule is CCOc1ccc(Nc2ccc(C(=C3C=CC(=[N+](CC)Cc4ccccc4)C=C3C)c3ccc(C(CC)Cc4cccc(S(=O)(=O)O)c4)cc3C)cc2)cc1. The molecule has 2 N–H and O–H groups in total. The minimum Gasteiger partial charge on any atom is -0.494 e. The van der Waals surface area contributed by atoms with Gasteiger partial charge in [-0.05, 0) is 146 Å². The summed E-state index contributed by atoms with van der Waals surface area (Å²) in [4.78, 5) is -0.0742. The van der Waals surface area contributed by atoms with Crippen molar-refractivity contribution in [2.75, 3.05) is 18.5 Å². The summed E-state index contributed by atoms with van der Waals surface area (Å²) in [6.07, 6.45) is 8.36. The molecule has 0 amide bonds. The first-order valence-corrected chi connectivity index (χ1v) is 20.5. The molecule has 0 saturated carbocycles. The highest BCUT2D eigenvalue weighted by atomic mass is 32.2. The Morgan fingerprint density at radius 2 is 1.47 bits per heavy atom. The number of nitrogens with one attached hydrogen (secondary N) is 1. The number of hydrogen-bond donors (Lipinski definition) is 2. The highest BCUT2D eigenvalue weighted by Crippen LogP contribution is 2.37. The van der Waals surface area contributed by atoms with Crippen molar-refractivity contribution in [2.24, 2.45) is 0 Å². The van der Waals surface area contributed by atoms with E-state index in [2.05, 4.69) is 129 Å². The average Bonchev–Trinajstić information content (AvgIpc) is 3.19. The minimum atomic E-state index is -4.27. The van der Waals surface area contributed by atoms with Gasteiger partial charge < -0.3 is 10.1 Å². The van der Waals surface area contributed by atoms with Crippen molar-refractivity contribution in [3.63, 3.8) is 0 Å². The fourth-order valence-corrected chi connectivity index (χ4v) is 7.85. The van der Waals surface area contributed by atoms with E-state index in [1.54, 1.807) is 12.1 Å². The molecule has 0 aromatic heterocycles. The van der Waals surface area contributed by atoms with Crippen LogP contribution < -0.4 is 10.1 Å². The third kappa shape index (κ3) is 9.79. The molecule has 5 aromatic rings. The molecule has 0 radical (unpaired) electrons. The number of benzene rings is 5. The molecular formula is C48H51N2O4S+. The maximum absolute atomic E-state index is 11.8. The molecule has 1 aliphatic rings. The Morgan fingerprint density at radius 1 is 0.782 bits per heavy atom. The van der Waals surface area contributed by atoms with Crippen LogP contribution >= 0.6 is 0 Å². The van der Waals surface area contributed by atoms with Crippen molar-refractivity contribution in [3.8, 4) is 5.75 Å². The van der Waals surface area contributed by atoms with Crippen LogP contribution in [0, 0.1) is 6.92 Å². The van der Waals surface area contributed by atoms with E-state index in [1.807, 2.05) is 37.3 Å². The summed E-state index contributed by atoms with van der Waals surface area (Å²) in [5, 5.41) is 3.53. The van der Waals surface area contributed by atoms with Crippen LogP contribution in [0.1, 0.15) is 73.4 Å². The Morgan fingerprint density at radius 3 is 2.09 bits per heavy atom. The topological polar surface area (TPSA) is 78.6 Å². The zero-order valence-electron chi connectivity index (χ0n) is 32.4. The van der Waals surface area contributed by atoms with Crippen LogP contribution in [0.15, 0.2) is 156 Å². The highest BCUT2D eigenvalue weighted by Gasteiger charge is 2.21. The molecule has 1 atom stereocenters. The fraction of sp³-hybridized carbons (Fsp3) is 0.229. The van der Waals surface area contributed by atoms with Crippen LogP contribution in [0.5, 0.6) is 5.75 Å². The van der Waals surface area contributed by atoms with Gasteiger partial charge in [0, 0.05) is 29.1 Å². The van der Waals surface area contributed by atoms with Crippen molar-refractivity contribution < 1.29 is 22.3 Å². The number of nitrogens with zero attached hydrogens (tertiary/aromatic N) is 1. The van der Waals surface area contributed by atoms with Crippen LogP contribution in [0.25, 0.3) is 5.57 Å². The van der Waals surface area contributed by atoms with Crippen molar-refractivity contribution in [1.82, 2.24) is 0 Å². The van der Waals surface area contributed by atoms with E-state index in [1.165, 1.54) is 39.6 Å². The van der Waals surface area contributed by atoms with Gasteiger partial charge in [-0.15, -0.1) is 0 Å². The van der Waals surface area contributed by atoms with Gasteiger partial charge in [0.2, 0.25) is 0 Å². The lowest BCUT2D eigenvalue weighted by molar-refractivity contribution is -0.539. The summed E-state index contributed by atoms with van der Waals surface area (Å²) in [5.74, 6) is 1.02. The second kappa shape index (κ2) is 17.8. The molecule has 0 fully saturated rings. The molecule has 6 nitrogen and oxygen atoms in total. The van der Waals surface area contributed by atoms with Gasteiger partial charge in [-0.25, -0.2) is 4.58 Å². The van der Waals surface area contributed by atoms with Gasteiger partial charge in [0.1, 0.15) is 12.3 Å². The van der Waals surface area contributed by atoms with E-state index in [0.29, 0.717) is 13.0 Å². The Labute approximate surface area is 327 Å². The predicted octanol–water partition coefficient (Wildman–Crippen LogP) is 11.1. The molecule has 0 saturated heterocycles. The molecule has 1 aliphatic carbocycles. The largest absolute Gasteiger partial charge is 0.494 e. The normalized spacial score (nSPS) is 15.3. The summed E-state index contributed by atoms with van der Waals surface area (Å²) in [5.41, 5.74) is 13.5. The third-order valence-electron chi connectivity index (χ3n) is 10.2. The predicted molar refractivity (Wildman–Crippen MR) is 226 cm³/mol. The molecule has 0 heterocycles. The molecule has 5 aromatic carbocycles. The monoisotopic (exact) mass is 751 g/mol. The number of hydrogen-bond acceptors (Lipinski definition) is 4. The number of anilines is 2. The van der Waals surface area contributed by atoms with Gasteiger partial charge in [-0.2, -0.15) is 8.42 Å². The summed E-state index contributed by atoms with van der Waals surface area (Å²) < 4.78 is 41.3. The van der Waals surface area contributed by atoms with E-state index in [0.717, 1.165) is 58.9 Å². The molecule has 6 rings (SSSR count). The van der Waals surface area contributed by atoms with Crippen molar-refractivity contribution in [2.45, 2.75) is 64.8 Å². The van der Waals surface area contributed by atoms with E-state index in [4.69, 9.17) is 4.74 Å². The quantitative estimate of drug-likeness (QED) is 0.0872. The first-order chi connectivity index (χ1) is 26.6. The maximum Gasteiger partial charge on any atom is 0.294 e. The molecule has 1 unspecified atom stereocenters. The Hall–Kier alpha value is -5.50. The van der Waals surface area contributed by atoms with Gasteiger partial charge in [0.05, 0.1) is 11.5 Å². The van der Waals surface area contributed by atoms with Crippen molar-refractivity contribution in [1.29, 1.82) is 0 Å². The summed E-state index contributed by atoms with van der Waals surface area (Å²) in [6.45, 7) is 13.1. The lowest BCUT2D eigenvalue weighted by Crippen LogP contribution is -2.20. The zero-order valence-corrected chi connectivity index (χ0v) is 33.2. The van der Waals surface area contributed by atoms with Crippen LogP contribution in [0.2, 0.25) is 0 Å². The van der Waals surface area contributed by atoms with E-state index >= 15 is 0 Å². The second-order valence-corrected chi connectivity index (χ2v) is 15.5. The number of allylic oxidation sites excluding steroid dienone is 5. The lowest BCUT2D eigenvalue weighted by Gasteiger charge is -2.22. The van der Waals surface area contributed by atoms with Gasteiger partial charge in [-0.1, -0.05) is 79.7 Å². The molecule has 0 aliphatic heterocycles. The standard InChI is InChI=1S/C48H50N2O4S/c1-6-38(31-37-15-12-16-45(32-37)55(51,52)53)40-19-27-46(34(4)29-40)48(39-17-20-41(21-18-39)49-42-22-25-44(26-23-42)54-8-3)47-28-24-43(30-35(47)5)50(7-2)33-36-13-10-9-11-14-36/h9-30,32,38H,6-8,31,33H2,1-5H3,(H,51,52,53)/p+1. The maximum atomic E-state index is 11.8. The Kier molecular flexibility index (Phi) is 12.7. The Balaban J connectivity index is 1.37. The third-order valence-corrected chi connectivity index (χ3v) is 11.1. The van der Waals surface area contributed by atoms with Crippen molar-refractivity contribution >= 4 is 32.8 Å². The lowest BCUT2D eigenvalue weighted by atomic mass is 9.83. The van der Waals surface area contributed by atoms with Crippen molar-refractivity contribution in [3.05, 3.63) is 184 Å². The number of rotatable bonds is 14. The van der Waals surface area contributed by atoms with Crippen LogP contribution in [0.3, 0.4) is 0 Å². The molecular weight excluding hydrogens is 701 g/mol. The smallest absolute Gasteiger partial charge is 0.294 e. The molecule has 282 valence electrons. The molecule has 7 heteroatoms. The summed E-state index contributed by atoms with van der Waals surface area (Å²) in [6, 6.07) is 40.6. The van der Waals surface area contributed by atoms with Gasteiger partial charge in [0.15, 0.2) is 12.3 Å². The van der Waals surface area contributed by atoms with Crippen LogP contribution in [0.4, 0.5) is 11.4 Å². The number of aryl methyl sites for hydroxylation is 1. The van der Waals surface area contributed by atoms with E-state index < -0.39 is 10.1 Å².